The van der Waals surface area contributed by atoms with Gasteiger partial charge in [-0.25, -0.2) is 0 Å². The summed E-state index contributed by atoms with van der Waals surface area (Å²) in [6, 6.07) is 7.83. The van der Waals surface area contributed by atoms with Crippen LogP contribution >= 0.6 is 11.8 Å². The van der Waals surface area contributed by atoms with E-state index >= 15 is 0 Å². The number of hydrogen-bond donors (Lipinski definition) is 0. The fourth-order valence-electron chi connectivity index (χ4n) is 0.837. The zero-order chi connectivity index (χ0) is 8.97. The van der Waals surface area contributed by atoms with Crippen LogP contribution in [0.2, 0.25) is 0 Å². The van der Waals surface area contributed by atoms with Gasteiger partial charge in [-0.2, -0.15) is 0 Å². The Labute approximate surface area is 76.5 Å². The van der Waals surface area contributed by atoms with Gasteiger partial charge < -0.3 is 0 Å². The first kappa shape index (κ1) is 9.07. The van der Waals surface area contributed by atoms with Crippen molar-refractivity contribution < 1.29 is 4.79 Å². The van der Waals surface area contributed by atoms with Crippen LogP contribution in [0.3, 0.4) is 0 Å². The van der Waals surface area contributed by atoms with Crippen LogP contribution in [-0.4, -0.2) is 5.12 Å². The van der Waals surface area contributed by atoms with Crippen LogP contribution in [0.25, 0.3) is 0 Å². The highest BCUT2D eigenvalue weighted by Gasteiger charge is 1.98. The molecule has 12 heavy (non-hydrogen) atoms. The lowest BCUT2D eigenvalue weighted by molar-refractivity contribution is -0.107. The van der Waals surface area contributed by atoms with Crippen molar-refractivity contribution >= 4 is 16.9 Å². The number of benzene rings is 1. The first-order valence-electron chi connectivity index (χ1n) is 3.63. The Bertz CT molecular complexity index is 304. The normalized spacial score (nSPS) is 9.42. The molecule has 0 saturated heterocycles. The molecule has 0 aromatic heterocycles. The van der Waals surface area contributed by atoms with Crippen LogP contribution in [0.4, 0.5) is 0 Å². The van der Waals surface area contributed by atoms with Gasteiger partial charge in [0.25, 0.3) is 0 Å². The average Bonchev–Trinajstić information content (AvgIpc) is 2.04. The van der Waals surface area contributed by atoms with Crippen molar-refractivity contribution in [3.05, 3.63) is 42.5 Å². The van der Waals surface area contributed by atoms with Crippen molar-refractivity contribution in [1.82, 2.24) is 0 Å². The molecular weight excluding hydrogens is 168 g/mol. The second-order valence-electron chi connectivity index (χ2n) is 2.44. The SMILES string of the molecule is C=CC(=O)Sc1cccc(C)c1. The average molecular weight is 178 g/mol. The van der Waals surface area contributed by atoms with E-state index in [1.165, 1.54) is 17.8 Å². The molecule has 0 unspecified atom stereocenters. The Kier molecular flexibility index (Phi) is 3.11. The summed E-state index contributed by atoms with van der Waals surface area (Å²) in [5.74, 6) is 0. The predicted molar refractivity (Wildman–Crippen MR) is 52.2 cm³/mol. The van der Waals surface area contributed by atoms with E-state index in [-0.39, 0.29) is 5.12 Å². The molecule has 0 heterocycles. The van der Waals surface area contributed by atoms with Gasteiger partial charge in [-0.1, -0.05) is 24.3 Å². The van der Waals surface area contributed by atoms with Gasteiger partial charge >= 0.3 is 0 Å². The minimum absolute atomic E-state index is 0.0133. The molecule has 0 aliphatic heterocycles. The number of thioether (sulfide) groups is 1. The Morgan fingerprint density at radius 1 is 1.58 bits per heavy atom. The molecular formula is C10H10OS. The Balaban J connectivity index is 2.76. The molecule has 1 rings (SSSR count). The molecule has 0 aliphatic rings. The summed E-state index contributed by atoms with van der Waals surface area (Å²) >= 11 is 1.20. The monoisotopic (exact) mass is 178 g/mol. The standard InChI is InChI=1S/C10H10OS/c1-3-10(11)12-9-6-4-5-8(2)7-9/h3-7H,1H2,2H3. The minimum Gasteiger partial charge on any atom is -0.282 e. The lowest BCUT2D eigenvalue weighted by atomic mass is 10.2. The summed E-state index contributed by atoms with van der Waals surface area (Å²) in [6.45, 7) is 5.41. The number of hydrogen-bond acceptors (Lipinski definition) is 2. The second-order valence-corrected chi connectivity index (χ2v) is 3.52. The van der Waals surface area contributed by atoms with Crippen molar-refractivity contribution in [3.8, 4) is 0 Å². The van der Waals surface area contributed by atoms with E-state index in [1.807, 2.05) is 31.2 Å². The topological polar surface area (TPSA) is 17.1 Å². The van der Waals surface area contributed by atoms with Gasteiger partial charge in [-0.15, -0.1) is 0 Å². The number of carbonyl (C=O) groups is 1. The summed E-state index contributed by atoms with van der Waals surface area (Å²) < 4.78 is 0. The van der Waals surface area contributed by atoms with Gasteiger partial charge in [-0.3, -0.25) is 4.79 Å². The lowest BCUT2D eigenvalue weighted by Gasteiger charge is -1.97. The van der Waals surface area contributed by atoms with Crippen LogP contribution in [0.15, 0.2) is 41.8 Å². The van der Waals surface area contributed by atoms with Gasteiger partial charge in [0.05, 0.1) is 0 Å². The van der Waals surface area contributed by atoms with Crippen molar-refractivity contribution in [2.45, 2.75) is 11.8 Å². The number of carbonyl (C=O) groups excluding carboxylic acids is 1. The molecule has 0 aliphatic carbocycles. The molecule has 62 valence electrons. The summed E-state index contributed by atoms with van der Waals surface area (Å²) in [7, 11) is 0. The van der Waals surface area contributed by atoms with Crippen molar-refractivity contribution in [3.63, 3.8) is 0 Å². The predicted octanol–water partition coefficient (Wildman–Crippen LogP) is 2.80. The van der Waals surface area contributed by atoms with Gasteiger partial charge in [0.1, 0.15) is 0 Å². The van der Waals surface area contributed by atoms with Crippen LogP contribution < -0.4 is 0 Å². The van der Waals surface area contributed by atoms with Crippen LogP contribution in [0.5, 0.6) is 0 Å². The van der Waals surface area contributed by atoms with E-state index < -0.39 is 0 Å². The van der Waals surface area contributed by atoms with Crippen molar-refractivity contribution in [2.24, 2.45) is 0 Å². The third kappa shape index (κ3) is 2.55. The highest BCUT2D eigenvalue weighted by Crippen LogP contribution is 2.19. The lowest BCUT2D eigenvalue weighted by Crippen LogP contribution is -1.83. The quantitative estimate of drug-likeness (QED) is 0.511. The molecule has 2 heteroatoms. The molecule has 1 aromatic rings. The van der Waals surface area contributed by atoms with E-state index in [0.29, 0.717) is 0 Å². The molecule has 0 spiro atoms. The molecule has 0 fully saturated rings. The minimum atomic E-state index is -0.0133. The first-order chi connectivity index (χ1) is 5.72. The molecule has 0 N–H and O–H groups in total. The van der Waals surface area contributed by atoms with Crippen molar-refractivity contribution in [1.29, 1.82) is 0 Å². The highest BCUT2D eigenvalue weighted by molar-refractivity contribution is 8.14. The Morgan fingerprint density at radius 2 is 2.33 bits per heavy atom. The summed E-state index contributed by atoms with van der Waals surface area (Å²) in [4.78, 5) is 11.9. The van der Waals surface area contributed by atoms with Crippen molar-refractivity contribution in [2.75, 3.05) is 0 Å². The fraction of sp³-hybridized carbons (Fsp3) is 0.100. The Morgan fingerprint density at radius 3 is 2.92 bits per heavy atom. The van der Waals surface area contributed by atoms with Crippen LogP contribution in [0.1, 0.15) is 5.56 Å². The zero-order valence-electron chi connectivity index (χ0n) is 6.91. The van der Waals surface area contributed by atoms with E-state index in [0.717, 1.165) is 10.5 Å². The maximum Gasteiger partial charge on any atom is 0.216 e. The molecule has 0 saturated carbocycles. The molecule has 0 radical (unpaired) electrons. The van der Waals surface area contributed by atoms with Crippen LogP contribution in [-0.2, 0) is 4.79 Å². The second kappa shape index (κ2) is 4.12. The van der Waals surface area contributed by atoms with Crippen LogP contribution in [0, 0.1) is 6.92 Å². The molecule has 1 aromatic carbocycles. The fourth-order valence-corrected chi connectivity index (χ4v) is 1.54. The maximum atomic E-state index is 10.9. The van der Waals surface area contributed by atoms with E-state index in [4.69, 9.17) is 0 Å². The van der Waals surface area contributed by atoms with Gasteiger partial charge in [0.2, 0.25) is 5.12 Å². The summed E-state index contributed by atoms with van der Waals surface area (Å²) in [6.07, 6.45) is 1.33. The largest absolute Gasteiger partial charge is 0.282 e. The molecule has 1 nitrogen and oxygen atoms in total. The number of rotatable bonds is 2. The highest BCUT2D eigenvalue weighted by atomic mass is 32.2. The van der Waals surface area contributed by atoms with E-state index in [2.05, 4.69) is 6.58 Å². The van der Waals surface area contributed by atoms with Gasteiger partial charge in [0.15, 0.2) is 0 Å². The zero-order valence-corrected chi connectivity index (χ0v) is 7.73. The summed E-state index contributed by atoms with van der Waals surface area (Å²) in [5.41, 5.74) is 1.16. The molecule has 0 amide bonds. The van der Waals surface area contributed by atoms with Gasteiger partial charge in [0, 0.05) is 4.90 Å². The van der Waals surface area contributed by atoms with E-state index in [9.17, 15) is 4.79 Å². The third-order valence-electron chi connectivity index (χ3n) is 1.37. The molecule has 0 atom stereocenters. The summed E-state index contributed by atoms with van der Waals surface area (Å²) in [5, 5.41) is -0.0133. The third-order valence-corrected chi connectivity index (χ3v) is 2.23. The number of aryl methyl sites for hydroxylation is 1. The van der Waals surface area contributed by atoms with E-state index in [1.54, 1.807) is 0 Å². The molecule has 0 bridgehead atoms. The Hall–Kier alpha value is -1.02. The van der Waals surface area contributed by atoms with Gasteiger partial charge in [-0.05, 0) is 36.9 Å². The smallest absolute Gasteiger partial charge is 0.216 e. The maximum absolute atomic E-state index is 10.9. The first-order valence-corrected chi connectivity index (χ1v) is 4.45.